The fraction of sp³-hybridized carbons (Fsp3) is 0.500. The molecular weight excluding hydrogens is 556 g/mol. The van der Waals surface area contributed by atoms with Gasteiger partial charge in [0.1, 0.15) is 29.7 Å². The van der Waals surface area contributed by atoms with Gasteiger partial charge in [-0.2, -0.15) is 0 Å². The number of ether oxygens (including phenoxy) is 2. The number of hydrogen-bond donors (Lipinski definition) is 1. The van der Waals surface area contributed by atoms with E-state index < -0.39 is 27.3 Å². The predicted molar refractivity (Wildman–Crippen MR) is 156 cm³/mol. The van der Waals surface area contributed by atoms with Gasteiger partial charge in [-0.1, -0.05) is 36.4 Å². The smallest absolute Gasteiger partial charge is 0.405 e. The van der Waals surface area contributed by atoms with Gasteiger partial charge in [0.25, 0.3) is 0 Å². The van der Waals surface area contributed by atoms with Crippen LogP contribution in [0.25, 0.3) is 0 Å². The molecule has 10 nitrogen and oxygen atoms in total. The van der Waals surface area contributed by atoms with Crippen molar-refractivity contribution < 1.29 is 41.8 Å². The third-order valence-corrected chi connectivity index (χ3v) is 8.39. The Bertz CT molecular complexity index is 1040. The number of carbonyl (C=O) groups excluding carboxylic acids is 2. The minimum atomic E-state index is -3.55. The summed E-state index contributed by atoms with van der Waals surface area (Å²) < 4.78 is 52.5. The highest BCUT2D eigenvalue weighted by molar-refractivity contribution is 7.57. The molecule has 0 amide bonds. The Morgan fingerprint density at radius 1 is 0.700 bits per heavy atom. The molecule has 4 atom stereocenters. The molecule has 0 fully saturated rings. The van der Waals surface area contributed by atoms with Crippen LogP contribution in [0.1, 0.15) is 55.4 Å². The number of Topliss-reactive ketones (excluding diaryl/α,β-unsaturated/α-hetero) is 2. The maximum absolute atomic E-state index is 12.8. The lowest BCUT2D eigenvalue weighted by Crippen LogP contribution is -2.33. The van der Waals surface area contributed by atoms with Crippen LogP contribution in [0.2, 0.25) is 0 Å². The van der Waals surface area contributed by atoms with Crippen molar-refractivity contribution in [2.75, 3.05) is 12.7 Å². The Labute approximate surface area is 238 Å². The summed E-state index contributed by atoms with van der Waals surface area (Å²) in [5.74, 6) is 0.572. The van der Waals surface area contributed by atoms with E-state index in [0.29, 0.717) is 11.5 Å². The van der Waals surface area contributed by atoms with Crippen molar-refractivity contribution >= 4 is 26.7 Å². The molecular formula is C28H43NO9P2. The van der Waals surface area contributed by atoms with Crippen LogP contribution in [-0.2, 0) is 32.7 Å². The highest BCUT2D eigenvalue weighted by Gasteiger charge is 2.32. The highest BCUT2D eigenvalue weighted by Crippen LogP contribution is 2.49. The number of ketones is 2. The Balaban J connectivity index is 0.000000400. The van der Waals surface area contributed by atoms with E-state index in [0.717, 1.165) is 0 Å². The van der Waals surface area contributed by atoms with Crippen LogP contribution in [0, 0.1) is 0 Å². The number of carbonyl (C=O) groups is 2. The first-order valence-electron chi connectivity index (χ1n) is 13.0. The van der Waals surface area contributed by atoms with E-state index in [-0.39, 0.29) is 36.5 Å². The van der Waals surface area contributed by atoms with E-state index in [1.54, 1.807) is 62.4 Å². The maximum atomic E-state index is 12.8. The van der Waals surface area contributed by atoms with Gasteiger partial charge < -0.3 is 18.5 Å². The van der Waals surface area contributed by atoms with Gasteiger partial charge in [-0.3, -0.25) is 18.7 Å². The zero-order valence-corrected chi connectivity index (χ0v) is 26.4. The van der Waals surface area contributed by atoms with E-state index in [2.05, 4.69) is 5.09 Å². The lowest BCUT2D eigenvalue weighted by Gasteiger charge is -2.24. The molecule has 0 saturated carbocycles. The fourth-order valence-electron chi connectivity index (χ4n) is 2.65. The fourth-order valence-corrected chi connectivity index (χ4v) is 6.27. The van der Waals surface area contributed by atoms with Crippen LogP contribution in [0.3, 0.4) is 0 Å². The van der Waals surface area contributed by atoms with Crippen LogP contribution in [0.4, 0.5) is 0 Å². The summed E-state index contributed by atoms with van der Waals surface area (Å²) in [5, 5.41) is 2.76. The van der Waals surface area contributed by atoms with Gasteiger partial charge in [-0.15, -0.1) is 0 Å². The van der Waals surface area contributed by atoms with Crippen molar-refractivity contribution in [1.29, 1.82) is 0 Å². The molecule has 40 heavy (non-hydrogen) atoms. The van der Waals surface area contributed by atoms with Gasteiger partial charge in [-0.05, 0) is 79.7 Å². The lowest BCUT2D eigenvalue weighted by atomic mass is 10.3. The minimum Gasteiger partial charge on any atom is -0.431 e. The molecule has 0 saturated heterocycles. The Hall–Kier alpha value is -2.32. The second-order valence-corrected chi connectivity index (χ2v) is 13.5. The molecule has 12 heteroatoms. The lowest BCUT2D eigenvalue weighted by molar-refractivity contribution is -0.123. The third-order valence-electron chi connectivity index (χ3n) is 5.02. The van der Waals surface area contributed by atoms with E-state index >= 15 is 0 Å². The number of rotatable bonds is 16. The molecule has 2 rings (SSSR count). The number of nitrogens with one attached hydrogen (secondary N) is 1. The zero-order valence-electron chi connectivity index (χ0n) is 24.6. The van der Waals surface area contributed by atoms with Gasteiger partial charge in [0, 0.05) is 0 Å². The van der Waals surface area contributed by atoms with Crippen molar-refractivity contribution in [3.63, 3.8) is 0 Å². The molecule has 0 bridgehead atoms. The first-order chi connectivity index (χ1) is 18.6. The monoisotopic (exact) mass is 599 g/mol. The predicted octanol–water partition coefficient (Wildman–Crippen LogP) is 6.84. The van der Waals surface area contributed by atoms with E-state index in [1.165, 1.54) is 13.8 Å². The molecule has 0 radical (unpaired) electrons. The molecule has 0 heterocycles. The van der Waals surface area contributed by atoms with Gasteiger partial charge in [-0.25, -0.2) is 9.65 Å². The Morgan fingerprint density at radius 3 is 1.57 bits per heavy atom. The van der Waals surface area contributed by atoms with Gasteiger partial charge in [0.15, 0.2) is 12.1 Å². The zero-order chi connectivity index (χ0) is 30.3. The topological polar surface area (TPSA) is 126 Å². The van der Waals surface area contributed by atoms with E-state index in [4.69, 9.17) is 23.0 Å². The van der Waals surface area contributed by atoms with Crippen molar-refractivity contribution in [2.24, 2.45) is 0 Å². The molecule has 0 aromatic heterocycles. The Morgan fingerprint density at radius 2 is 1.15 bits per heavy atom. The number of benzene rings is 2. The number of hydrogen-bond acceptors (Lipinski definition) is 9. The molecule has 4 unspecified atom stereocenters. The molecule has 0 aliphatic rings. The standard InChI is InChI=1S/C14H22NO4P.C14H21O5P/c1-11(2)18-10-20(17,15-12(3)13(4)16)19-14-8-6-5-7-9-14;1-11(2)17-10-20(16,18-13(4)12(3)15)19-14-8-6-5-7-9-14/h5-9,11-12H,10H2,1-4H3,(H,15,17);5-9,11,13H,10H2,1-4H3. The molecule has 2 aromatic rings. The average Bonchev–Trinajstić information content (AvgIpc) is 2.88. The molecule has 0 spiro atoms. The second kappa shape index (κ2) is 17.5. The number of para-hydroxylation sites is 2. The maximum Gasteiger partial charge on any atom is 0.405 e. The van der Waals surface area contributed by atoms with Crippen LogP contribution in [0.5, 0.6) is 11.5 Å². The highest BCUT2D eigenvalue weighted by atomic mass is 31.2. The quantitative estimate of drug-likeness (QED) is 0.205. The van der Waals surface area contributed by atoms with Gasteiger partial charge in [0.2, 0.25) is 0 Å². The summed E-state index contributed by atoms with van der Waals surface area (Å²) in [6.45, 7) is 13.3. The summed E-state index contributed by atoms with van der Waals surface area (Å²) in [4.78, 5) is 22.6. The molecule has 2 aromatic carbocycles. The van der Waals surface area contributed by atoms with Crippen molar-refractivity contribution in [1.82, 2.24) is 5.09 Å². The largest absolute Gasteiger partial charge is 0.431 e. The normalized spacial score (nSPS) is 15.7. The molecule has 224 valence electrons. The molecule has 1 N–H and O–H groups in total. The van der Waals surface area contributed by atoms with Crippen molar-refractivity contribution in [2.45, 2.75) is 79.7 Å². The van der Waals surface area contributed by atoms with Gasteiger partial charge in [0.05, 0.1) is 18.2 Å². The van der Waals surface area contributed by atoms with Crippen LogP contribution < -0.4 is 14.1 Å². The molecule has 0 aliphatic heterocycles. The average molecular weight is 600 g/mol. The first-order valence-corrected chi connectivity index (χ1v) is 16.6. The third kappa shape index (κ3) is 14.9. The van der Waals surface area contributed by atoms with Gasteiger partial charge >= 0.3 is 15.1 Å². The van der Waals surface area contributed by atoms with Crippen LogP contribution >= 0.6 is 15.1 Å². The summed E-state index contributed by atoms with van der Waals surface area (Å²) in [6, 6.07) is 17.0. The first kappa shape index (κ1) is 35.7. The summed E-state index contributed by atoms with van der Waals surface area (Å²) in [7, 11) is -6.85. The van der Waals surface area contributed by atoms with Crippen LogP contribution in [-0.4, -0.2) is 48.6 Å². The molecule has 0 aliphatic carbocycles. The minimum absolute atomic E-state index is 0.0721. The van der Waals surface area contributed by atoms with Crippen molar-refractivity contribution in [3.05, 3.63) is 60.7 Å². The summed E-state index contributed by atoms with van der Waals surface area (Å²) in [6.07, 6.45) is -1.27. The summed E-state index contributed by atoms with van der Waals surface area (Å²) in [5.41, 5.74) is 0. The van der Waals surface area contributed by atoms with Crippen LogP contribution in [0.15, 0.2) is 60.7 Å². The SMILES string of the molecule is CC(=O)C(C)NP(=O)(COC(C)C)Oc1ccccc1.CC(=O)C(C)OP(=O)(COC(C)C)Oc1ccccc1. The van der Waals surface area contributed by atoms with E-state index in [9.17, 15) is 18.7 Å². The Kier molecular flexibility index (Phi) is 15.6. The van der Waals surface area contributed by atoms with E-state index in [1.807, 2.05) is 39.8 Å². The van der Waals surface area contributed by atoms with Crippen molar-refractivity contribution in [3.8, 4) is 11.5 Å². The summed E-state index contributed by atoms with van der Waals surface area (Å²) >= 11 is 0. The second-order valence-electron chi connectivity index (χ2n) is 9.60.